The lowest BCUT2D eigenvalue weighted by atomic mass is 10.0. The SMILES string of the molecule is CCc1nnc2n1N[C@@H](c1ccc(F)cc1)[C@H](C(=O)Nc1ccc(Cl)cc1)S2. The van der Waals surface area contributed by atoms with Gasteiger partial charge in [-0.05, 0) is 42.0 Å². The number of aryl methyl sites for hydroxylation is 1. The molecule has 9 heteroatoms. The molecule has 0 aliphatic carbocycles. The van der Waals surface area contributed by atoms with Crippen LogP contribution in [0.4, 0.5) is 10.1 Å². The third-order valence-corrected chi connectivity index (χ3v) is 5.89. The van der Waals surface area contributed by atoms with E-state index in [0.717, 1.165) is 11.4 Å². The summed E-state index contributed by atoms with van der Waals surface area (Å²) in [6.07, 6.45) is 0.693. The number of hydrogen-bond donors (Lipinski definition) is 2. The fourth-order valence-corrected chi connectivity index (χ4v) is 4.22. The van der Waals surface area contributed by atoms with Gasteiger partial charge in [0.05, 0.1) is 6.04 Å². The number of amides is 1. The zero-order chi connectivity index (χ0) is 19.7. The summed E-state index contributed by atoms with van der Waals surface area (Å²) in [5.74, 6) is 0.251. The van der Waals surface area contributed by atoms with Crippen LogP contribution in [0.25, 0.3) is 0 Å². The Balaban J connectivity index is 1.66. The number of hydrogen-bond acceptors (Lipinski definition) is 5. The van der Waals surface area contributed by atoms with E-state index in [1.54, 1.807) is 41.1 Å². The van der Waals surface area contributed by atoms with Gasteiger partial charge in [0, 0.05) is 17.1 Å². The van der Waals surface area contributed by atoms with Crippen molar-refractivity contribution in [2.24, 2.45) is 0 Å². The first-order chi connectivity index (χ1) is 13.5. The molecule has 1 aromatic heterocycles. The fraction of sp³-hybridized carbons (Fsp3) is 0.211. The van der Waals surface area contributed by atoms with Crippen molar-refractivity contribution >= 4 is 35.0 Å². The molecule has 0 spiro atoms. The van der Waals surface area contributed by atoms with E-state index in [2.05, 4.69) is 20.9 Å². The fourth-order valence-electron chi connectivity index (χ4n) is 2.99. The van der Waals surface area contributed by atoms with Crippen LogP contribution >= 0.6 is 23.4 Å². The van der Waals surface area contributed by atoms with Crippen LogP contribution in [-0.2, 0) is 11.2 Å². The van der Waals surface area contributed by atoms with Crippen molar-refractivity contribution in [3.8, 4) is 0 Å². The zero-order valence-corrected chi connectivity index (χ0v) is 16.5. The molecule has 3 aromatic rings. The van der Waals surface area contributed by atoms with Crippen LogP contribution in [0.5, 0.6) is 0 Å². The van der Waals surface area contributed by atoms with Crippen molar-refractivity contribution in [1.29, 1.82) is 0 Å². The third-order valence-electron chi connectivity index (χ3n) is 4.42. The molecule has 1 amide bonds. The van der Waals surface area contributed by atoms with Gasteiger partial charge >= 0.3 is 0 Å². The van der Waals surface area contributed by atoms with Crippen LogP contribution in [0.1, 0.15) is 24.4 Å². The summed E-state index contributed by atoms with van der Waals surface area (Å²) in [5, 5.41) is 11.9. The van der Waals surface area contributed by atoms with Gasteiger partial charge in [0.15, 0.2) is 5.82 Å². The van der Waals surface area contributed by atoms with E-state index >= 15 is 0 Å². The Morgan fingerprint density at radius 2 is 1.93 bits per heavy atom. The number of carbonyl (C=O) groups excluding carboxylic acids is 1. The highest BCUT2D eigenvalue weighted by Crippen LogP contribution is 2.37. The van der Waals surface area contributed by atoms with Crippen LogP contribution < -0.4 is 10.7 Å². The average Bonchev–Trinajstić information content (AvgIpc) is 3.11. The number of aromatic nitrogens is 3. The first kappa shape index (κ1) is 18.8. The normalized spacial score (nSPS) is 18.2. The molecular formula is C19H17ClFN5OS. The second-order valence-electron chi connectivity index (χ2n) is 6.28. The van der Waals surface area contributed by atoms with Gasteiger partial charge in [0.1, 0.15) is 11.1 Å². The Kier molecular flexibility index (Phi) is 5.23. The van der Waals surface area contributed by atoms with Crippen LogP contribution in [0.15, 0.2) is 53.7 Å². The Bertz CT molecular complexity index is 993. The highest BCUT2D eigenvalue weighted by Gasteiger charge is 2.37. The van der Waals surface area contributed by atoms with Crippen LogP contribution in [0, 0.1) is 5.82 Å². The maximum absolute atomic E-state index is 13.4. The molecule has 4 rings (SSSR count). The molecule has 2 aromatic carbocycles. The summed E-state index contributed by atoms with van der Waals surface area (Å²) in [5.41, 5.74) is 4.77. The van der Waals surface area contributed by atoms with Crippen molar-refractivity contribution in [1.82, 2.24) is 14.9 Å². The van der Waals surface area contributed by atoms with Crippen molar-refractivity contribution in [2.75, 3.05) is 10.7 Å². The molecule has 144 valence electrons. The lowest BCUT2D eigenvalue weighted by molar-refractivity contribution is -0.116. The monoisotopic (exact) mass is 417 g/mol. The third kappa shape index (κ3) is 3.70. The molecule has 2 N–H and O–H groups in total. The summed E-state index contributed by atoms with van der Waals surface area (Å²) in [7, 11) is 0. The van der Waals surface area contributed by atoms with Gasteiger partial charge in [-0.15, -0.1) is 10.2 Å². The molecular weight excluding hydrogens is 401 g/mol. The molecule has 0 unspecified atom stereocenters. The van der Waals surface area contributed by atoms with Gasteiger partial charge in [-0.3, -0.25) is 4.79 Å². The lowest BCUT2D eigenvalue weighted by Crippen LogP contribution is -2.41. The molecule has 0 radical (unpaired) electrons. The van der Waals surface area contributed by atoms with Crippen molar-refractivity contribution in [3.63, 3.8) is 0 Å². The van der Waals surface area contributed by atoms with Crippen LogP contribution in [-0.4, -0.2) is 26.0 Å². The number of nitrogens with one attached hydrogen (secondary N) is 2. The molecule has 0 bridgehead atoms. The number of fused-ring (bicyclic) bond motifs is 1. The largest absolute Gasteiger partial charge is 0.325 e. The topological polar surface area (TPSA) is 71.8 Å². The van der Waals surface area contributed by atoms with E-state index in [1.165, 1.54) is 23.9 Å². The maximum atomic E-state index is 13.4. The number of halogens is 2. The summed E-state index contributed by atoms with van der Waals surface area (Å²) in [6.45, 7) is 1.98. The molecule has 0 fully saturated rings. The Morgan fingerprint density at radius 1 is 1.21 bits per heavy atom. The standard InChI is InChI=1S/C19H17ClFN5OS/c1-2-15-23-24-19-26(15)25-16(11-3-7-13(21)8-4-11)17(28-19)18(27)22-14-9-5-12(20)6-10-14/h3-10,16-17,25H,2H2,1H3,(H,22,27)/t16-,17+/m0/s1. The van der Waals surface area contributed by atoms with Crippen molar-refractivity contribution in [2.45, 2.75) is 29.8 Å². The minimum absolute atomic E-state index is 0.193. The number of nitrogens with zero attached hydrogens (tertiary/aromatic N) is 3. The molecule has 28 heavy (non-hydrogen) atoms. The predicted molar refractivity (Wildman–Crippen MR) is 108 cm³/mol. The average molecular weight is 418 g/mol. The first-order valence-electron chi connectivity index (χ1n) is 8.74. The van der Waals surface area contributed by atoms with Gasteiger partial charge in [-0.1, -0.05) is 42.4 Å². The Morgan fingerprint density at radius 3 is 2.61 bits per heavy atom. The van der Waals surface area contributed by atoms with Crippen LogP contribution in [0.3, 0.4) is 0 Å². The molecule has 2 heterocycles. The van der Waals surface area contributed by atoms with Crippen molar-refractivity contribution in [3.05, 3.63) is 70.8 Å². The van der Waals surface area contributed by atoms with E-state index in [9.17, 15) is 9.18 Å². The van der Waals surface area contributed by atoms with Crippen molar-refractivity contribution < 1.29 is 9.18 Å². The van der Waals surface area contributed by atoms with E-state index in [-0.39, 0.29) is 17.8 Å². The molecule has 1 aliphatic rings. The first-order valence-corrected chi connectivity index (χ1v) is 10.0. The molecule has 0 saturated heterocycles. The molecule has 2 atom stereocenters. The van der Waals surface area contributed by atoms with Gasteiger partial charge in [0.25, 0.3) is 0 Å². The number of benzene rings is 2. The van der Waals surface area contributed by atoms with Gasteiger partial charge in [-0.25, -0.2) is 9.07 Å². The minimum Gasteiger partial charge on any atom is -0.325 e. The lowest BCUT2D eigenvalue weighted by Gasteiger charge is -2.33. The van der Waals surface area contributed by atoms with Gasteiger partial charge < -0.3 is 10.7 Å². The number of carbonyl (C=O) groups is 1. The summed E-state index contributed by atoms with van der Waals surface area (Å²) in [4.78, 5) is 13.1. The number of thioether (sulfide) groups is 1. The van der Waals surface area contributed by atoms with E-state index in [0.29, 0.717) is 22.3 Å². The number of anilines is 1. The Hall–Kier alpha value is -2.58. The second kappa shape index (κ2) is 7.81. The summed E-state index contributed by atoms with van der Waals surface area (Å²) in [6, 6.07) is 12.7. The summed E-state index contributed by atoms with van der Waals surface area (Å²) >= 11 is 7.24. The maximum Gasteiger partial charge on any atom is 0.240 e. The number of rotatable bonds is 4. The molecule has 1 aliphatic heterocycles. The van der Waals surface area contributed by atoms with Crippen LogP contribution in [0.2, 0.25) is 5.02 Å². The second-order valence-corrected chi connectivity index (χ2v) is 7.83. The summed E-state index contributed by atoms with van der Waals surface area (Å²) < 4.78 is 15.2. The van der Waals surface area contributed by atoms with Gasteiger partial charge in [-0.2, -0.15) is 0 Å². The molecule has 6 nitrogen and oxygen atoms in total. The van der Waals surface area contributed by atoms with E-state index in [4.69, 9.17) is 11.6 Å². The molecule has 0 saturated carbocycles. The highest BCUT2D eigenvalue weighted by molar-refractivity contribution is 8.00. The van der Waals surface area contributed by atoms with E-state index in [1.807, 2.05) is 6.92 Å². The zero-order valence-electron chi connectivity index (χ0n) is 14.9. The smallest absolute Gasteiger partial charge is 0.240 e. The highest BCUT2D eigenvalue weighted by atomic mass is 35.5. The quantitative estimate of drug-likeness (QED) is 0.670. The van der Waals surface area contributed by atoms with E-state index < -0.39 is 5.25 Å². The minimum atomic E-state index is -0.525. The predicted octanol–water partition coefficient (Wildman–Crippen LogP) is 4.03. The Labute approximate surface area is 170 Å². The van der Waals surface area contributed by atoms with Gasteiger partial charge in [0.2, 0.25) is 11.1 Å².